The summed E-state index contributed by atoms with van der Waals surface area (Å²) >= 11 is 0. The Balaban J connectivity index is 3.01. The van der Waals surface area contributed by atoms with Gasteiger partial charge in [0.1, 0.15) is 0 Å². The Morgan fingerprint density at radius 1 is 1.57 bits per heavy atom. The molecule has 0 radical (unpaired) electrons. The van der Waals surface area contributed by atoms with E-state index in [1.807, 2.05) is 20.8 Å². The first-order valence-corrected chi connectivity index (χ1v) is 4.49. The van der Waals surface area contributed by atoms with Crippen molar-refractivity contribution >= 4 is 11.9 Å². The topological polar surface area (TPSA) is 80.0 Å². The van der Waals surface area contributed by atoms with E-state index in [2.05, 4.69) is 15.5 Å². The number of carboxylic acid groups (broad SMARTS) is 1. The lowest BCUT2D eigenvalue weighted by Crippen LogP contribution is -2.16. The van der Waals surface area contributed by atoms with E-state index in [-0.39, 0.29) is 11.9 Å². The second kappa shape index (κ2) is 4.08. The maximum atomic E-state index is 10.7. The van der Waals surface area contributed by atoms with Crippen LogP contribution < -0.4 is 5.32 Å². The van der Waals surface area contributed by atoms with Crippen molar-refractivity contribution in [3.05, 3.63) is 5.82 Å². The first kappa shape index (κ1) is 10.5. The number of carbonyl (C=O) groups is 1. The van der Waals surface area contributed by atoms with Gasteiger partial charge in [0.15, 0.2) is 0 Å². The van der Waals surface area contributed by atoms with Gasteiger partial charge in [0.2, 0.25) is 11.8 Å². The zero-order valence-corrected chi connectivity index (χ0v) is 8.48. The van der Waals surface area contributed by atoms with Gasteiger partial charge < -0.3 is 10.4 Å². The van der Waals surface area contributed by atoms with E-state index in [1.165, 1.54) is 4.57 Å². The number of nitrogens with one attached hydrogen (secondary N) is 1. The summed E-state index contributed by atoms with van der Waals surface area (Å²) in [5.41, 5.74) is 0. The van der Waals surface area contributed by atoms with Gasteiger partial charge in [0.25, 0.3) is 0 Å². The van der Waals surface area contributed by atoms with Crippen LogP contribution in [0.3, 0.4) is 0 Å². The van der Waals surface area contributed by atoms with Crippen LogP contribution in [0.1, 0.15) is 31.4 Å². The molecule has 0 aromatic carbocycles. The molecule has 6 nitrogen and oxygen atoms in total. The summed E-state index contributed by atoms with van der Waals surface area (Å²) in [7, 11) is 0. The SMILES string of the molecule is CCn1c(NC(C)C)nnc1C(=O)O. The molecule has 0 fully saturated rings. The van der Waals surface area contributed by atoms with Gasteiger partial charge in [0, 0.05) is 12.6 Å². The van der Waals surface area contributed by atoms with Crippen molar-refractivity contribution in [3.8, 4) is 0 Å². The summed E-state index contributed by atoms with van der Waals surface area (Å²) in [6.45, 7) is 6.29. The van der Waals surface area contributed by atoms with Crippen LogP contribution in [0.4, 0.5) is 5.95 Å². The first-order valence-electron chi connectivity index (χ1n) is 4.49. The van der Waals surface area contributed by atoms with Gasteiger partial charge in [-0.15, -0.1) is 10.2 Å². The minimum atomic E-state index is -1.06. The third kappa shape index (κ3) is 2.01. The average Bonchev–Trinajstić information content (AvgIpc) is 2.46. The van der Waals surface area contributed by atoms with Gasteiger partial charge in [-0.1, -0.05) is 0 Å². The van der Waals surface area contributed by atoms with Crippen LogP contribution >= 0.6 is 0 Å². The van der Waals surface area contributed by atoms with Gasteiger partial charge in [0.05, 0.1) is 0 Å². The van der Waals surface area contributed by atoms with Crippen molar-refractivity contribution in [1.29, 1.82) is 0 Å². The Hall–Kier alpha value is -1.59. The molecule has 0 bridgehead atoms. The lowest BCUT2D eigenvalue weighted by Gasteiger charge is -2.09. The summed E-state index contributed by atoms with van der Waals surface area (Å²) in [6.07, 6.45) is 0. The minimum Gasteiger partial charge on any atom is -0.475 e. The molecule has 1 rings (SSSR count). The van der Waals surface area contributed by atoms with Crippen LogP contribution in [0.5, 0.6) is 0 Å². The lowest BCUT2D eigenvalue weighted by atomic mass is 10.4. The van der Waals surface area contributed by atoms with Crippen molar-refractivity contribution in [2.45, 2.75) is 33.4 Å². The standard InChI is InChI=1S/C8H14N4O2/c1-4-12-6(7(13)14)10-11-8(12)9-5(2)3/h5H,4H2,1-3H3,(H,9,11)(H,13,14). The molecule has 0 aliphatic carbocycles. The Kier molecular flexibility index (Phi) is 3.06. The van der Waals surface area contributed by atoms with Crippen LogP contribution in [0.15, 0.2) is 0 Å². The summed E-state index contributed by atoms with van der Waals surface area (Å²) < 4.78 is 1.53. The van der Waals surface area contributed by atoms with E-state index in [9.17, 15) is 4.79 Å². The van der Waals surface area contributed by atoms with Gasteiger partial charge >= 0.3 is 5.97 Å². The van der Waals surface area contributed by atoms with Gasteiger partial charge in [-0.05, 0) is 20.8 Å². The summed E-state index contributed by atoms with van der Waals surface area (Å²) in [5, 5.41) is 19.2. The molecule has 0 spiro atoms. The highest BCUT2D eigenvalue weighted by molar-refractivity contribution is 5.83. The second-order valence-electron chi connectivity index (χ2n) is 3.20. The van der Waals surface area contributed by atoms with Crippen molar-refractivity contribution in [1.82, 2.24) is 14.8 Å². The molecule has 14 heavy (non-hydrogen) atoms. The Labute approximate surface area is 82.0 Å². The number of rotatable bonds is 4. The third-order valence-corrected chi connectivity index (χ3v) is 1.68. The number of hydrogen-bond acceptors (Lipinski definition) is 4. The van der Waals surface area contributed by atoms with E-state index in [0.717, 1.165) is 0 Å². The smallest absolute Gasteiger partial charge is 0.374 e. The molecule has 1 aromatic heterocycles. The fraction of sp³-hybridized carbons (Fsp3) is 0.625. The summed E-state index contributed by atoms with van der Waals surface area (Å²) in [4.78, 5) is 10.7. The fourth-order valence-electron chi connectivity index (χ4n) is 1.13. The largest absolute Gasteiger partial charge is 0.475 e. The fourth-order valence-corrected chi connectivity index (χ4v) is 1.13. The zero-order valence-electron chi connectivity index (χ0n) is 8.48. The van der Waals surface area contributed by atoms with E-state index in [0.29, 0.717) is 12.5 Å². The maximum absolute atomic E-state index is 10.7. The number of aromatic carboxylic acids is 1. The minimum absolute atomic E-state index is 0.0318. The van der Waals surface area contributed by atoms with Gasteiger partial charge in [-0.2, -0.15) is 0 Å². The van der Waals surface area contributed by atoms with Crippen LogP contribution in [-0.4, -0.2) is 31.9 Å². The van der Waals surface area contributed by atoms with Crippen molar-refractivity contribution in [3.63, 3.8) is 0 Å². The average molecular weight is 198 g/mol. The second-order valence-corrected chi connectivity index (χ2v) is 3.20. The Morgan fingerprint density at radius 3 is 2.64 bits per heavy atom. The van der Waals surface area contributed by atoms with Crippen molar-refractivity contribution in [2.24, 2.45) is 0 Å². The van der Waals surface area contributed by atoms with Crippen molar-refractivity contribution in [2.75, 3.05) is 5.32 Å². The molecule has 2 N–H and O–H groups in total. The Morgan fingerprint density at radius 2 is 2.21 bits per heavy atom. The highest BCUT2D eigenvalue weighted by Gasteiger charge is 2.16. The molecular formula is C8H14N4O2. The quantitative estimate of drug-likeness (QED) is 0.748. The molecular weight excluding hydrogens is 184 g/mol. The van der Waals surface area contributed by atoms with Crippen LogP contribution in [-0.2, 0) is 6.54 Å². The molecule has 0 saturated carbocycles. The predicted octanol–water partition coefficient (Wildman–Crippen LogP) is 0.816. The molecule has 0 unspecified atom stereocenters. The number of aromatic nitrogens is 3. The molecule has 1 aromatic rings. The number of anilines is 1. The summed E-state index contributed by atoms with van der Waals surface area (Å²) in [5.74, 6) is -0.591. The van der Waals surface area contributed by atoms with E-state index >= 15 is 0 Å². The lowest BCUT2D eigenvalue weighted by molar-refractivity contribution is 0.0678. The highest BCUT2D eigenvalue weighted by Crippen LogP contribution is 2.08. The summed E-state index contributed by atoms with van der Waals surface area (Å²) in [6, 6.07) is 0.200. The van der Waals surface area contributed by atoms with Crippen molar-refractivity contribution < 1.29 is 9.90 Å². The molecule has 6 heteroatoms. The number of hydrogen-bond donors (Lipinski definition) is 2. The van der Waals surface area contributed by atoms with Crippen LogP contribution in [0.2, 0.25) is 0 Å². The highest BCUT2D eigenvalue weighted by atomic mass is 16.4. The van der Waals surface area contributed by atoms with Crippen LogP contribution in [0, 0.1) is 0 Å². The molecule has 0 saturated heterocycles. The zero-order chi connectivity index (χ0) is 10.7. The number of nitrogens with zero attached hydrogens (tertiary/aromatic N) is 3. The molecule has 1 heterocycles. The van der Waals surface area contributed by atoms with E-state index in [4.69, 9.17) is 5.11 Å². The first-order chi connectivity index (χ1) is 6.56. The molecule has 0 atom stereocenters. The predicted molar refractivity (Wildman–Crippen MR) is 51.4 cm³/mol. The van der Waals surface area contributed by atoms with E-state index in [1.54, 1.807) is 0 Å². The van der Waals surface area contributed by atoms with E-state index < -0.39 is 5.97 Å². The monoisotopic (exact) mass is 198 g/mol. The number of carboxylic acids is 1. The molecule has 0 aliphatic heterocycles. The maximum Gasteiger partial charge on any atom is 0.374 e. The van der Waals surface area contributed by atoms with Crippen LogP contribution in [0.25, 0.3) is 0 Å². The molecule has 0 aliphatic rings. The molecule has 0 amide bonds. The Bertz CT molecular complexity index is 332. The van der Waals surface area contributed by atoms with Gasteiger partial charge in [-0.25, -0.2) is 4.79 Å². The third-order valence-electron chi connectivity index (χ3n) is 1.68. The van der Waals surface area contributed by atoms with Gasteiger partial charge in [-0.3, -0.25) is 4.57 Å². The molecule has 78 valence electrons. The normalized spacial score (nSPS) is 10.6.